The lowest BCUT2D eigenvalue weighted by atomic mass is 9.82. The Morgan fingerprint density at radius 1 is 0.955 bits per heavy atom. The number of hydrogen-bond acceptors (Lipinski definition) is 6. The SMILES string of the molecule is CCCCC(C)(C)OC(=O)c1cccc(CN2CN(C3CCCCC3)C3(CCN(C(=O)OCc4ccccc4)CC3)C2=O)c1. The summed E-state index contributed by atoms with van der Waals surface area (Å²) in [6, 6.07) is 17.6. The Morgan fingerprint density at radius 2 is 1.66 bits per heavy atom. The van der Waals surface area contributed by atoms with Gasteiger partial charge >= 0.3 is 12.1 Å². The molecule has 2 aromatic carbocycles. The Morgan fingerprint density at radius 3 is 2.36 bits per heavy atom. The van der Waals surface area contributed by atoms with E-state index in [2.05, 4.69) is 11.8 Å². The molecule has 2 saturated heterocycles. The molecule has 3 aliphatic rings. The second-order valence-electron chi connectivity index (χ2n) is 13.4. The summed E-state index contributed by atoms with van der Waals surface area (Å²) in [4.78, 5) is 46.4. The van der Waals surface area contributed by atoms with Gasteiger partial charge in [0.05, 0.1) is 12.2 Å². The van der Waals surface area contributed by atoms with Crippen molar-refractivity contribution in [1.82, 2.24) is 14.7 Å². The van der Waals surface area contributed by atoms with E-state index in [1.54, 1.807) is 11.0 Å². The first-order valence-electron chi connectivity index (χ1n) is 16.5. The molecular formula is C36H49N3O5. The van der Waals surface area contributed by atoms with E-state index < -0.39 is 11.1 Å². The first-order valence-corrected chi connectivity index (χ1v) is 16.5. The standard InChI is InChI=1S/C36H49N3O5/c1-4-5-19-35(2,3)44-32(40)30-16-12-15-29(24-30)25-38-27-39(31-17-10-7-11-18-31)36(33(38)41)20-22-37(23-21-36)34(42)43-26-28-13-8-6-9-14-28/h6,8-9,12-16,24,31H,4-5,7,10-11,17-23,25-27H2,1-3H3. The fourth-order valence-corrected chi connectivity index (χ4v) is 7.13. The highest BCUT2D eigenvalue weighted by atomic mass is 16.6. The van der Waals surface area contributed by atoms with Crippen molar-refractivity contribution in [2.45, 2.75) is 115 Å². The molecule has 0 radical (unpaired) electrons. The monoisotopic (exact) mass is 603 g/mol. The lowest BCUT2D eigenvalue weighted by molar-refractivity contribution is -0.137. The Kier molecular flexibility index (Phi) is 10.3. The normalized spacial score (nSPS) is 19.4. The molecule has 2 aromatic rings. The van der Waals surface area contributed by atoms with Gasteiger partial charge in [-0.05, 0) is 75.6 Å². The minimum absolute atomic E-state index is 0.133. The van der Waals surface area contributed by atoms with Crippen LogP contribution in [0, 0.1) is 0 Å². The molecule has 8 heteroatoms. The highest BCUT2D eigenvalue weighted by Crippen LogP contribution is 2.41. The molecule has 1 saturated carbocycles. The second-order valence-corrected chi connectivity index (χ2v) is 13.4. The largest absolute Gasteiger partial charge is 0.456 e. The van der Waals surface area contributed by atoms with Crippen LogP contribution in [0.15, 0.2) is 54.6 Å². The molecule has 0 bridgehead atoms. The van der Waals surface area contributed by atoms with Gasteiger partial charge in [0.15, 0.2) is 0 Å². The molecule has 1 aliphatic carbocycles. The number of nitrogens with zero attached hydrogens (tertiary/aromatic N) is 3. The van der Waals surface area contributed by atoms with Crippen LogP contribution in [0.25, 0.3) is 0 Å². The van der Waals surface area contributed by atoms with Crippen LogP contribution in [0.2, 0.25) is 0 Å². The smallest absolute Gasteiger partial charge is 0.410 e. The summed E-state index contributed by atoms with van der Waals surface area (Å²) in [5.74, 6) is -0.193. The molecule has 44 heavy (non-hydrogen) atoms. The van der Waals surface area contributed by atoms with Gasteiger partial charge in [0.25, 0.3) is 0 Å². The quantitative estimate of drug-likeness (QED) is 0.275. The van der Waals surface area contributed by atoms with Crippen molar-refractivity contribution in [3.63, 3.8) is 0 Å². The van der Waals surface area contributed by atoms with Crippen LogP contribution in [0.4, 0.5) is 4.79 Å². The number of unbranched alkanes of at least 4 members (excludes halogenated alkanes) is 1. The van der Waals surface area contributed by atoms with Crippen molar-refractivity contribution >= 4 is 18.0 Å². The van der Waals surface area contributed by atoms with E-state index in [1.165, 1.54) is 19.3 Å². The number of piperidine rings is 1. The van der Waals surface area contributed by atoms with E-state index in [9.17, 15) is 14.4 Å². The number of amides is 2. The molecule has 2 heterocycles. The average molecular weight is 604 g/mol. The van der Waals surface area contributed by atoms with Gasteiger partial charge in [0.1, 0.15) is 17.7 Å². The third kappa shape index (κ3) is 7.45. The van der Waals surface area contributed by atoms with Gasteiger partial charge in [-0.1, -0.05) is 75.1 Å². The van der Waals surface area contributed by atoms with E-state index >= 15 is 0 Å². The maximum atomic E-state index is 14.3. The van der Waals surface area contributed by atoms with E-state index in [0.717, 1.165) is 43.2 Å². The van der Waals surface area contributed by atoms with Crippen LogP contribution in [-0.2, 0) is 27.4 Å². The zero-order chi connectivity index (χ0) is 31.2. The van der Waals surface area contributed by atoms with E-state index in [1.807, 2.05) is 67.3 Å². The first-order chi connectivity index (χ1) is 21.2. The molecule has 0 aromatic heterocycles. The summed E-state index contributed by atoms with van der Waals surface area (Å²) in [7, 11) is 0. The van der Waals surface area contributed by atoms with Gasteiger partial charge in [0, 0.05) is 25.7 Å². The number of rotatable bonds is 10. The Hall–Kier alpha value is -3.39. The summed E-state index contributed by atoms with van der Waals surface area (Å²) in [6.45, 7) is 8.28. The molecule has 3 fully saturated rings. The van der Waals surface area contributed by atoms with E-state index in [-0.39, 0.29) is 24.6 Å². The Balaban J connectivity index is 1.26. The number of hydrogen-bond donors (Lipinski definition) is 0. The van der Waals surface area contributed by atoms with Crippen molar-refractivity contribution in [1.29, 1.82) is 0 Å². The summed E-state index contributed by atoms with van der Waals surface area (Å²) in [6.07, 6.45) is 9.55. The fourth-order valence-electron chi connectivity index (χ4n) is 7.13. The number of likely N-dealkylation sites (tertiary alicyclic amines) is 1. The third-order valence-corrected chi connectivity index (χ3v) is 9.67. The van der Waals surface area contributed by atoms with Gasteiger partial charge in [-0.3, -0.25) is 9.69 Å². The summed E-state index contributed by atoms with van der Waals surface area (Å²) < 4.78 is 11.5. The van der Waals surface area contributed by atoms with E-state index in [4.69, 9.17) is 9.47 Å². The first kappa shape index (κ1) is 32.0. The zero-order valence-electron chi connectivity index (χ0n) is 26.8. The molecule has 2 amide bonds. The van der Waals surface area contributed by atoms with Crippen LogP contribution < -0.4 is 0 Å². The van der Waals surface area contributed by atoms with Crippen molar-refractivity contribution in [2.75, 3.05) is 19.8 Å². The van der Waals surface area contributed by atoms with E-state index in [0.29, 0.717) is 50.7 Å². The summed E-state index contributed by atoms with van der Waals surface area (Å²) >= 11 is 0. The molecule has 0 atom stereocenters. The van der Waals surface area contributed by atoms with Gasteiger partial charge in [-0.2, -0.15) is 0 Å². The summed E-state index contributed by atoms with van der Waals surface area (Å²) in [5, 5.41) is 0. The highest BCUT2D eigenvalue weighted by molar-refractivity contribution is 5.90. The van der Waals surface area contributed by atoms with Crippen molar-refractivity contribution in [2.24, 2.45) is 0 Å². The van der Waals surface area contributed by atoms with Crippen LogP contribution in [-0.4, -0.2) is 69.6 Å². The maximum absolute atomic E-state index is 14.3. The predicted molar refractivity (Wildman–Crippen MR) is 170 cm³/mol. The van der Waals surface area contributed by atoms with Crippen LogP contribution in [0.1, 0.15) is 106 Å². The highest BCUT2D eigenvalue weighted by Gasteiger charge is 2.55. The van der Waals surface area contributed by atoms with Crippen LogP contribution >= 0.6 is 0 Å². The minimum atomic E-state index is -0.613. The van der Waals surface area contributed by atoms with Gasteiger partial charge in [0.2, 0.25) is 5.91 Å². The van der Waals surface area contributed by atoms with Crippen molar-refractivity contribution in [3.05, 3.63) is 71.3 Å². The summed E-state index contributed by atoms with van der Waals surface area (Å²) in [5.41, 5.74) is 1.25. The predicted octanol–water partition coefficient (Wildman–Crippen LogP) is 6.92. The molecule has 238 valence electrons. The molecule has 2 aliphatic heterocycles. The van der Waals surface area contributed by atoms with Gasteiger partial charge in [-0.15, -0.1) is 0 Å². The second kappa shape index (κ2) is 14.1. The lowest BCUT2D eigenvalue weighted by Gasteiger charge is -2.46. The van der Waals surface area contributed by atoms with Gasteiger partial charge in [-0.25, -0.2) is 9.59 Å². The number of ether oxygens (including phenoxy) is 2. The van der Waals surface area contributed by atoms with Crippen molar-refractivity contribution < 1.29 is 23.9 Å². The van der Waals surface area contributed by atoms with Crippen molar-refractivity contribution in [3.8, 4) is 0 Å². The zero-order valence-corrected chi connectivity index (χ0v) is 26.8. The third-order valence-electron chi connectivity index (χ3n) is 9.67. The Bertz CT molecular complexity index is 1280. The fraction of sp³-hybridized carbons (Fsp3) is 0.583. The number of esters is 1. The van der Waals surface area contributed by atoms with Gasteiger partial charge < -0.3 is 19.3 Å². The topological polar surface area (TPSA) is 79.4 Å². The van der Waals surface area contributed by atoms with Crippen LogP contribution in [0.5, 0.6) is 0 Å². The maximum Gasteiger partial charge on any atom is 0.410 e. The minimum Gasteiger partial charge on any atom is -0.456 e. The molecule has 5 rings (SSSR count). The van der Waals surface area contributed by atoms with Crippen LogP contribution in [0.3, 0.4) is 0 Å². The average Bonchev–Trinajstić information content (AvgIpc) is 3.30. The molecule has 0 unspecified atom stereocenters. The number of carbonyl (C=O) groups excluding carboxylic acids is 3. The Labute approximate surface area is 262 Å². The molecule has 0 N–H and O–H groups in total. The molecule has 1 spiro atoms. The molecule has 8 nitrogen and oxygen atoms in total. The lowest BCUT2D eigenvalue weighted by Crippen LogP contribution is -2.59. The number of benzene rings is 2. The molecular weight excluding hydrogens is 554 g/mol. The number of carbonyl (C=O) groups is 3.